The number of methoxy groups -OCH3 is 2. The third-order valence-corrected chi connectivity index (χ3v) is 3.72. The van der Waals surface area contributed by atoms with Crippen LogP contribution in [-0.4, -0.2) is 61.9 Å². The zero-order valence-electron chi connectivity index (χ0n) is 15.8. The van der Waals surface area contributed by atoms with Crippen LogP contribution in [-0.2, 0) is 26.5 Å². The maximum Gasteiger partial charge on any atom is 3.00 e. The molecule has 0 bridgehead atoms. The van der Waals surface area contributed by atoms with Gasteiger partial charge in [0, 0.05) is 23.6 Å². The van der Waals surface area contributed by atoms with E-state index in [4.69, 9.17) is 0 Å². The molecular formula is C20H20FeN2O6+3. The molecule has 0 saturated heterocycles. The Labute approximate surface area is 178 Å². The summed E-state index contributed by atoms with van der Waals surface area (Å²) in [5.74, 6) is -1.03. The van der Waals surface area contributed by atoms with Crippen LogP contribution in [0.3, 0.4) is 0 Å². The molecule has 0 aromatic heterocycles. The number of aromatic hydroxyl groups is 2. The molecule has 151 valence electrons. The van der Waals surface area contributed by atoms with E-state index >= 15 is 0 Å². The molecule has 2 rings (SSSR count). The fourth-order valence-corrected chi connectivity index (χ4v) is 2.25. The van der Waals surface area contributed by atoms with Gasteiger partial charge in [0.25, 0.3) is 0 Å². The second-order valence-corrected chi connectivity index (χ2v) is 5.60. The first-order chi connectivity index (χ1) is 13.5. The molecule has 0 atom stereocenters. The van der Waals surface area contributed by atoms with Gasteiger partial charge in [-0.25, -0.2) is 9.59 Å². The van der Waals surface area contributed by atoms with Crippen molar-refractivity contribution in [2.24, 2.45) is 9.98 Å². The van der Waals surface area contributed by atoms with Gasteiger partial charge in [0.15, 0.2) is 0 Å². The standard InChI is InChI=1S/C20H20N2O6.Fe/c1-27-19(25)13-3-5-17(23)15(9-13)11-21-7-8-22-12-16-10-14(20(26)28-2)4-6-18(16)24;/h3-6,9-12,23-24H,7-8H2,1-2H3;/q;+3. The van der Waals surface area contributed by atoms with Gasteiger partial charge < -0.3 is 19.7 Å². The Kier molecular flexibility index (Phi) is 9.58. The quantitative estimate of drug-likeness (QED) is 0.295. The molecule has 0 unspecified atom stereocenters. The number of phenolic OH excluding ortho intramolecular Hbond substituents is 2. The van der Waals surface area contributed by atoms with Crippen LogP contribution in [0.1, 0.15) is 31.8 Å². The predicted octanol–water partition coefficient (Wildman–Crippen LogP) is 2.21. The van der Waals surface area contributed by atoms with Crippen molar-refractivity contribution in [3.63, 3.8) is 0 Å². The number of carbonyl (C=O) groups is 2. The van der Waals surface area contributed by atoms with Crippen molar-refractivity contribution in [2.45, 2.75) is 0 Å². The van der Waals surface area contributed by atoms with Gasteiger partial charge in [0.05, 0.1) is 38.4 Å². The summed E-state index contributed by atoms with van der Waals surface area (Å²) in [7, 11) is 2.55. The van der Waals surface area contributed by atoms with Gasteiger partial charge in [-0.2, -0.15) is 0 Å². The molecule has 0 saturated carbocycles. The van der Waals surface area contributed by atoms with Gasteiger partial charge in [0.1, 0.15) is 11.5 Å². The maximum absolute atomic E-state index is 11.5. The topological polar surface area (TPSA) is 118 Å². The minimum atomic E-state index is -0.506. The van der Waals surface area contributed by atoms with Crippen LogP contribution in [0.4, 0.5) is 0 Å². The summed E-state index contributed by atoms with van der Waals surface area (Å²) in [6.45, 7) is 0.631. The Morgan fingerprint density at radius 3 is 1.55 bits per heavy atom. The van der Waals surface area contributed by atoms with E-state index in [2.05, 4.69) is 19.5 Å². The normalized spacial score (nSPS) is 10.7. The molecule has 29 heavy (non-hydrogen) atoms. The van der Waals surface area contributed by atoms with E-state index in [1.54, 1.807) is 0 Å². The molecule has 1 radical (unpaired) electrons. The molecule has 0 spiro atoms. The van der Waals surface area contributed by atoms with Crippen LogP contribution >= 0.6 is 0 Å². The summed E-state index contributed by atoms with van der Waals surface area (Å²) >= 11 is 0. The SMILES string of the molecule is COC(=O)c1ccc(O)c(C=NCCN=Cc2cc(C(=O)OC)ccc2O)c1.[Fe+3]. The van der Waals surface area contributed by atoms with Crippen molar-refractivity contribution in [2.75, 3.05) is 27.3 Å². The molecule has 2 N–H and O–H groups in total. The smallest absolute Gasteiger partial charge is 0.507 e. The number of ether oxygens (including phenoxy) is 2. The first-order valence-electron chi connectivity index (χ1n) is 8.28. The van der Waals surface area contributed by atoms with E-state index in [9.17, 15) is 19.8 Å². The van der Waals surface area contributed by atoms with Crippen LogP contribution in [0.2, 0.25) is 0 Å². The van der Waals surface area contributed by atoms with Gasteiger partial charge in [-0.1, -0.05) is 0 Å². The predicted molar refractivity (Wildman–Crippen MR) is 104 cm³/mol. The second-order valence-electron chi connectivity index (χ2n) is 5.60. The number of aliphatic imine (C=N–C) groups is 2. The zero-order chi connectivity index (χ0) is 20.5. The third-order valence-electron chi connectivity index (χ3n) is 3.72. The van der Waals surface area contributed by atoms with E-state index in [0.29, 0.717) is 35.3 Å². The van der Waals surface area contributed by atoms with Crippen LogP contribution in [0.15, 0.2) is 46.4 Å². The minimum Gasteiger partial charge on any atom is -0.507 e. The maximum atomic E-state index is 11.5. The molecule has 0 aliphatic rings. The fraction of sp³-hybridized carbons (Fsp3) is 0.200. The minimum absolute atomic E-state index is 0. The largest absolute Gasteiger partial charge is 3.00 e. The number of phenols is 2. The number of benzene rings is 2. The molecule has 0 amide bonds. The van der Waals surface area contributed by atoms with Crippen LogP contribution in [0.5, 0.6) is 11.5 Å². The van der Waals surface area contributed by atoms with E-state index in [1.165, 1.54) is 63.0 Å². The zero-order valence-corrected chi connectivity index (χ0v) is 16.9. The number of hydrogen-bond donors (Lipinski definition) is 2. The molecule has 0 aliphatic carbocycles. The summed E-state index contributed by atoms with van der Waals surface area (Å²) in [5, 5.41) is 19.6. The number of esters is 2. The summed E-state index contributed by atoms with van der Waals surface area (Å²) in [6.07, 6.45) is 2.87. The Morgan fingerprint density at radius 1 is 0.828 bits per heavy atom. The van der Waals surface area contributed by atoms with Crippen LogP contribution in [0.25, 0.3) is 0 Å². The van der Waals surface area contributed by atoms with Gasteiger partial charge in [-0.3, -0.25) is 9.98 Å². The summed E-state index contributed by atoms with van der Waals surface area (Å²) in [6, 6.07) is 8.65. The van der Waals surface area contributed by atoms with E-state index in [-0.39, 0.29) is 28.6 Å². The average Bonchev–Trinajstić information content (AvgIpc) is 2.71. The van der Waals surface area contributed by atoms with Crippen LogP contribution in [0, 0.1) is 0 Å². The Hall–Kier alpha value is -3.16. The summed E-state index contributed by atoms with van der Waals surface area (Å²) in [5.41, 5.74) is 1.38. The van der Waals surface area contributed by atoms with Gasteiger partial charge in [-0.15, -0.1) is 0 Å². The van der Waals surface area contributed by atoms with Crippen molar-refractivity contribution < 1.29 is 46.3 Å². The Morgan fingerprint density at radius 2 is 1.21 bits per heavy atom. The van der Waals surface area contributed by atoms with Gasteiger partial charge in [-0.05, 0) is 36.4 Å². The van der Waals surface area contributed by atoms with Crippen molar-refractivity contribution in [3.8, 4) is 11.5 Å². The third kappa shape index (κ3) is 6.74. The first kappa shape index (κ1) is 23.9. The van der Waals surface area contributed by atoms with E-state index in [1.807, 2.05) is 0 Å². The van der Waals surface area contributed by atoms with E-state index in [0.717, 1.165) is 0 Å². The number of rotatable bonds is 7. The van der Waals surface area contributed by atoms with Gasteiger partial charge in [0.2, 0.25) is 0 Å². The number of hydrogen-bond acceptors (Lipinski definition) is 8. The fourth-order valence-electron chi connectivity index (χ4n) is 2.25. The molecule has 2 aromatic rings. The molecule has 0 heterocycles. The molecular weight excluding hydrogens is 420 g/mol. The molecule has 0 fully saturated rings. The number of carbonyl (C=O) groups excluding carboxylic acids is 2. The molecule has 0 aliphatic heterocycles. The van der Waals surface area contributed by atoms with Gasteiger partial charge >= 0.3 is 29.0 Å². The molecule has 9 heteroatoms. The molecule has 2 aromatic carbocycles. The average molecular weight is 440 g/mol. The van der Waals surface area contributed by atoms with Crippen molar-refractivity contribution >= 4 is 24.4 Å². The van der Waals surface area contributed by atoms with Crippen molar-refractivity contribution in [1.29, 1.82) is 0 Å². The van der Waals surface area contributed by atoms with Crippen LogP contribution < -0.4 is 0 Å². The Bertz CT molecular complexity index is 852. The molecule has 8 nitrogen and oxygen atoms in total. The van der Waals surface area contributed by atoms with E-state index < -0.39 is 11.9 Å². The summed E-state index contributed by atoms with van der Waals surface area (Å²) < 4.78 is 9.27. The van der Waals surface area contributed by atoms with Crippen molar-refractivity contribution in [1.82, 2.24) is 0 Å². The number of nitrogens with zero attached hydrogens (tertiary/aromatic N) is 2. The monoisotopic (exact) mass is 440 g/mol. The second kappa shape index (κ2) is 11.6. The first-order valence-corrected chi connectivity index (χ1v) is 8.28. The summed E-state index contributed by atoms with van der Waals surface area (Å²) in [4.78, 5) is 31.4. The van der Waals surface area contributed by atoms with Crippen molar-refractivity contribution in [3.05, 3.63) is 58.7 Å². The Balaban J connectivity index is 0.00000420.